The van der Waals surface area contributed by atoms with E-state index in [1.165, 1.54) is 0 Å². The molecule has 0 aromatic rings. The number of methoxy groups -OCH3 is 1. The van der Waals surface area contributed by atoms with Crippen molar-refractivity contribution in [2.75, 3.05) is 58.4 Å². The molecule has 1 amide bonds. The van der Waals surface area contributed by atoms with Crippen LogP contribution in [0.1, 0.15) is 12.8 Å². The van der Waals surface area contributed by atoms with Gasteiger partial charge in [0.25, 0.3) is 0 Å². The number of hydrogen-bond acceptors (Lipinski definition) is 5. The maximum Gasteiger partial charge on any atom is 0.221 e. The Kier molecular flexibility index (Phi) is 17.0. The van der Waals surface area contributed by atoms with E-state index in [-0.39, 0.29) is 30.7 Å². The van der Waals surface area contributed by atoms with Gasteiger partial charge in [-0.1, -0.05) is 0 Å². The molecule has 128 valence electrons. The summed E-state index contributed by atoms with van der Waals surface area (Å²) < 4.78 is 5.02. The van der Waals surface area contributed by atoms with Gasteiger partial charge >= 0.3 is 0 Å². The van der Waals surface area contributed by atoms with Crippen LogP contribution in [0.5, 0.6) is 0 Å². The van der Waals surface area contributed by atoms with Gasteiger partial charge in [0, 0.05) is 50.7 Å². The molecule has 0 bridgehead atoms. The number of thioether (sulfide) groups is 1. The molecule has 0 saturated carbocycles. The van der Waals surface area contributed by atoms with Crippen molar-refractivity contribution in [1.82, 2.24) is 15.5 Å². The third kappa shape index (κ3) is 12.5. The van der Waals surface area contributed by atoms with Crippen molar-refractivity contribution in [3.8, 4) is 0 Å². The van der Waals surface area contributed by atoms with Crippen molar-refractivity contribution in [3.05, 3.63) is 0 Å². The molecule has 21 heavy (non-hydrogen) atoms. The summed E-state index contributed by atoms with van der Waals surface area (Å²) in [5.74, 6) is 2.37. The zero-order valence-corrected chi connectivity index (χ0v) is 15.4. The zero-order valence-electron chi connectivity index (χ0n) is 12.9. The highest BCUT2D eigenvalue weighted by Crippen LogP contribution is 2.09. The molecule has 1 aliphatic rings. The summed E-state index contributed by atoms with van der Waals surface area (Å²) in [7, 11) is 3.79. The Hall–Kier alpha value is 0.280. The summed E-state index contributed by atoms with van der Waals surface area (Å²) in [6.07, 6.45) is 1.59. The Morgan fingerprint density at radius 3 is 2.81 bits per heavy atom. The lowest BCUT2D eigenvalue weighted by atomic mass is 10.2. The predicted octanol–water partition coefficient (Wildman–Crippen LogP) is 1.01. The van der Waals surface area contributed by atoms with E-state index in [0.717, 1.165) is 50.7 Å². The van der Waals surface area contributed by atoms with Crippen LogP contribution in [0.4, 0.5) is 0 Å². The predicted molar refractivity (Wildman–Crippen MR) is 95.2 cm³/mol. The molecule has 0 spiro atoms. The number of nitrogens with zero attached hydrogens (tertiary/aromatic N) is 1. The van der Waals surface area contributed by atoms with Crippen molar-refractivity contribution in [2.24, 2.45) is 0 Å². The SMILES string of the molecule is COCCN(C)CCCNC(=O)CC1CSCCN1.Cl.Cl. The molecule has 1 heterocycles. The molecule has 1 unspecified atom stereocenters. The third-order valence-corrected chi connectivity index (χ3v) is 4.28. The number of halogens is 2. The van der Waals surface area contributed by atoms with Gasteiger partial charge in [0.2, 0.25) is 5.91 Å². The summed E-state index contributed by atoms with van der Waals surface area (Å²) in [5.41, 5.74) is 0. The molecule has 1 fully saturated rings. The van der Waals surface area contributed by atoms with Gasteiger partial charge in [-0.2, -0.15) is 11.8 Å². The van der Waals surface area contributed by atoms with Crippen molar-refractivity contribution >= 4 is 42.5 Å². The zero-order chi connectivity index (χ0) is 13.9. The highest BCUT2D eigenvalue weighted by molar-refractivity contribution is 7.99. The van der Waals surface area contributed by atoms with Gasteiger partial charge in [0.1, 0.15) is 0 Å². The number of nitrogens with one attached hydrogen (secondary N) is 2. The molecular weight excluding hydrogens is 333 g/mol. The summed E-state index contributed by atoms with van der Waals surface area (Å²) in [5, 5.41) is 6.37. The molecule has 0 aromatic heterocycles. The van der Waals surface area contributed by atoms with E-state index in [4.69, 9.17) is 4.74 Å². The number of amides is 1. The van der Waals surface area contributed by atoms with Gasteiger partial charge in [-0.25, -0.2) is 0 Å². The van der Waals surface area contributed by atoms with Crippen molar-refractivity contribution in [3.63, 3.8) is 0 Å². The lowest BCUT2D eigenvalue weighted by Crippen LogP contribution is -2.41. The topological polar surface area (TPSA) is 53.6 Å². The fourth-order valence-corrected chi connectivity index (χ4v) is 2.93. The van der Waals surface area contributed by atoms with Gasteiger partial charge in [-0.3, -0.25) is 4.79 Å². The Morgan fingerprint density at radius 1 is 1.43 bits per heavy atom. The molecule has 0 aliphatic carbocycles. The lowest BCUT2D eigenvalue weighted by molar-refractivity contribution is -0.121. The molecule has 1 atom stereocenters. The Labute approximate surface area is 145 Å². The minimum atomic E-state index is 0. The largest absolute Gasteiger partial charge is 0.383 e. The molecule has 5 nitrogen and oxygen atoms in total. The standard InChI is InChI=1S/C13H27N3O2S.2ClH/c1-16(7-8-18-2)6-3-4-15-13(17)10-12-11-19-9-5-14-12;;/h12,14H,3-11H2,1-2H3,(H,15,17);2*1H. The first-order chi connectivity index (χ1) is 9.22. The van der Waals surface area contributed by atoms with Gasteiger partial charge in [-0.05, 0) is 20.0 Å². The molecule has 2 N–H and O–H groups in total. The maximum absolute atomic E-state index is 11.7. The molecule has 0 aromatic carbocycles. The first-order valence-corrected chi connectivity index (χ1v) is 8.13. The smallest absolute Gasteiger partial charge is 0.221 e. The first-order valence-electron chi connectivity index (χ1n) is 6.97. The Bertz CT molecular complexity index is 258. The van der Waals surface area contributed by atoms with Crippen LogP contribution >= 0.6 is 36.6 Å². The fraction of sp³-hybridized carbons (Fsp3) is 0.923. The summed E-state index contributed by atoms with van der Waals surface area (Å²) in [6.45, 7) is 4.46. The molecule has 1 saturated heterocycles. The van der Waals surface area contributed by atoms with Crippen LogP contribution in [0.3, 0.4) is 0 Å². The number of carbonyl (C=O) groups excluding carboxylic acids is 1. The van der Waals surface area contributed by atoms with Crippen LogP contribution in [0.25, 0.3) is 0 Å². The highest BCUT2D eigenvalue weighted by Gasteiger charge is 2.16. The fourth-order valence-electron chi connectivity index (χ4n) is 1.98. The van der Waals surface area contributed by atoms with E-state index in [1.54, 1.807) is 7.11 Å². The van der Waals surface area contributed by atoms with E-state index in [9.17, 15) is 4.79 Å². The van der Waals surface area contributed by atoms with Crippen LogP contribution in [0.15, 0.2) is 0 Å². The van der Waals surface area contributed by atoms with E-state index in [1.807, 2.05) is 11.8 Å². The second-order valence-corrected chi connectivity index (χ2v) is 6.08. The van der Waals surface area contributed by atoms with Crippen LogP contribution in [-0.2, 0) is 9.53 Å². The van der Waals surface area contributed by atoms with Crippen LogP contribution < -0.4 is 10.6 Å². The van der Waals surface area contributed by atoms with Crippen LogP contribution in [0, 0.1) is 0 Å². The number of ether oxygens (including phenoxy) is 1. The normalized spacial score (nSPS) is 17.8. The van der Waals surface area contributed by atoms with E-state index >= 15 is 0 Å². The van der Waals surface area contributed by atoms with Crippen molar-refractivity contribution in [2.45, 2.75) is 18.9 Å². The molecule has 0 radical (unpaired) electrons. The molecule has 8 heteroatoms. The minimum absolute atomic E-state index is 0. The average Bonchev–Trinajstić information content (AvgIpc) is 2.42. The van der Waals surface area contributed by atoms with E-state index in [2.05, 4.69) is 22.6 Å². The van der Waals surface area contributed by atoms with Crippen LogP contribution in [0.2, 0.25) is 0 Å². The summed E-state index contributed by atoms with van der Waals surface area (Å²) in [6, 6.07) is 0.350. The Morgan fingerprint density at radius 2 is 2.19 bits per heavy atom. The monoisotopic (exact) mass is 361 g/mol. The Balaban J connectivity index is 0. The van der Waals surface area contributed by atoms with Crippen LogP contribution in [-0.4, -0.2) is 75.3 Å². The minimum Gasteiger partial charge on any atom is -0.383 e. The highest BCUT2D eigenvalue weighted by atomic mass is 35.5. The van der Waals surface area contributed by atoms with Crippen molar-refractivity contribution < 1.29 is 9.53 Å². The maximum atomic E-state index is 11.7. The third-order valence-electron chi connectivity index (χ3n) is 3.15. The number of hydrogen-bond donors (Lipinski definition) is 2. The average molecular weight is 362 g/mol. The molecular formula is C13H29Cl2N3O2S. The summed E-state index contributed by atoms with van der Waals surface area (Å²) in [4.78, 5) is 14.0. The van der Waals surface area contributed by atoms with E-state index < -0.39 is 0 Å². The number of carbonyl (C=O) groups is 1. The molecule has 1 rings (SSSR count). The van der Waals surface area contributed by atoms with Gasteiger partial charge < -0.3 is 20.3 Å². The first kappa shape index (κ1) is 23.5. The number of likely N-dealkylation sites (N-methyl/N-ethyl adjacent to an activating group) is 1. The van der Waals surface area contributed by atoms with Gasteiger partial charge in [-0.15, -0.1) is 24.8 Å². The van der Waals surface area contributed by atoms with Gasteiger partial charge in [0.15, 0.2) is 0 Å². The van der Waals surface area contributed by atoms with Gasteiger partial charge in [0.05, 0.1) is 6.61 Å². The second-order valence-electron chi connectivity index (χ2n) is 4.93. The quantitative estimate of drug-likeness (QED) is 0.600. The number of rotatable bonds is 9. The second kappa shape index (κ2) is 15.2. The van der Waals surface area contributed by atoms with Crippen molar-refractivity contribution in [1.29, 1.82) is 0 Å². The molecule has 1 aliphatic heterocycles. The summed E-state index contributed by atoms with van der Waals surface area (Å²) >= 11 is 1.92. The van der Waals surface area contributed by atoms with E-state index in [0.29, 0.717) is 12.5 Å². The lowest BCUT2D eigenvalue weighted by Gasteiger charge is -2.22.